The van der Waals surface area contributed by atoms with Gasteiger partial charge in [-0.15, -0.1) is 0 Å². The number of para-hydroxylation sites is 1. The van der Waals surface area contributed by atoms with Gasteiger partial charge in [-0.1, -0.05) is 18.2 Å². The van der Waals surface area contributed by atoms with E-state index in [1.807, 2.05) is 55.5 Å². The van der Waals surface area contributed by atoms with Crippen LogP contribution >= 0.6 is 0 Å². The van der Waals surface area contributed by atoms with Crippen LogP contribution in [-0.4, -0.2) is 28.4 Å². The zero-order valence-electron chi connectivity index (χ0n) is 14.9. The molecule has 0 aliphatic rings. The van der Waals surface area contributed by atoms with Crippen LogP contribution in [0, 0.1) is 20.8 Å². The lowest BCUT2D eigenvalue weighted by Gasteiger charge is -2.12. The number of ether oxygens (including phenoxy) is 1. The van der Waals surface area contributed by atoms with Crippen LogP contribution in [0.2, 0.25) is 0 Å². The van der Waals surface area contributed by atoms with Crippen molar-refractivity contribution in [1.82, 2.24) is 14.7 Å². The highest BCUT2D eigenvalue weighted by Crippen LogP contribution is 2.22. The summed E-state index contributed by atoms with van der Waals surface area (Å²) in [6.07, 6.45) is 4.26. The number of aromatic nitrogens is 2. The smallest absolute Gasteiger partial charge is 0.253 e. The number of pyridine rings is 1. The summed E-state index contributed by atoms with van der Waals surface area (Å²) < 4.78 is 7.78. The summed E-state index contributed by atoms with van der Waals surface area (Å²) in [5, 5.41) is 2.96. The molecule has 3 aromatic rings. The number of hydrogen-bond acceptors (Lipinski definition) is 3. The maximum absolute atomic E-state index is 12.4. The van der Waals surface area contributed by atoms with Crippen LogP contribution in [0.15, 0.2) is 42.9 Å². The van der Waals surface area contributed by atoms with E-state index in [0.29, 0.717) is 18.7 Å². The van der Waals surface area contributed by atoms with Crippen molar-refractivity contribution in [3.05, 3.63) is 65.2 Å². The Morgan fingerprint density at radius 2 is 1.92 bits per heavy atom. The molecule has 0 atom stereocenters. The second-order valence-corrected chi connectivity index (χ2v) is 6.20. The lowest BCUT2D eigenvalue weighted by atomic mass is 10.1. The molecule has 25 heavy (non-hydrogen) atoms. The monoisotopic (exact) mass is 337 g/mol. The first kappa shape index (κ1) is 17.0. The van der Waals surface area contributed by atoms with Crippen LogP contribution in [0.3, 0.4) is 0 Å². The molecule has 1 aromatic carbocycles. The zero-order valence-corrected chi connectivity index (χ0v) is 14.9. The lowest BCUT2D eigenvalue weighted by Crippen LogP contribution is -2.26. The number of benzene rings is 1. The molecule has 1 amide bonds. The number of aryl methyl sites for hydroxylation is 3. The molecule has 0 spiro atoms. The van der Waals surface area contributed by atoms with E-state index in [-0.39, 0.29) is 5.91 Å². The minimum atomic E-state index is -0.0693. The van der Waals surface area contributed by atoms with Gasteiger partial charge in [0.25, 0.3) is 5.91 Å². The standard InChI is InChI=1S/C20H23N3O2/c1-14-6-4-7-15(2)19(14)25-11-5-10-22-20(24)18-9-8-17-12-21-13-23(17)16(18)3/h4,6-9,12-13H,5,10-11H2,1-3H3,(H,22,24). The van der Waals surface area contributed by atoms with Crippen molar-refractivity contribution in [2.45, 2.75) is 27.2 Å². The number of carbonyl (C=O) groups excluding carboxylic acids is 1. The molecule has 0 bridgehead atoms. The summed E-state index contributed by atoms with van der Waals surface area (Å²) in [5.74, 6) is 0.871. The fourth-order valence-corrected chi connectivity index (χ4v) is 2.94. The molecule has 0 radical (unpaired) electrons. The van der Waals surface area contributed by atoms with Crippen molar-refractivity contribution >= 4 is 11.4 Å². The molecule has 0 unspecified atom stereocenters. The molecule has 0 aliphatic carbocycles. The molecule has 0 fully saturated rings. The Labute approximate surface area is 147 Å². The quantitative estimate of drug-likeness (QED) is 0.701. The highest BCUT2D eigenvalue weighted by atomic mass is 16.5. The molecular weight excluding hydrogens is 314 g/mol. The van der Waals surface area contributed by atoms with E-state index in [1.54, 1.807) is 12.5 Å². The summed E-state index contributed by atoms with van der Waals surface area (Å²) in [6.45, 7) is 7.16. The van der Waals surface area contributed by atoms with Crippen LogP contribution in [0.5, 0.6) is 5.75 Å². The number of hydrogen-bond donors (Lipinski definition) is 1. The van der Waals surface area contributed by atoms with Gasteiger partial charge in [-0.3, -0.25) is 4.79 Å². The average molecular weight is 337 g/mol. The van der Waals surface area contributed by atoms with Gasteiger partial charge in [0.15, 0.2) is 0 Å². The maximum atomic E-state index is 12.4. The third kappa shape index (κ3) is 3.65. The summed E-state index contributed by atoms with van der Waals surface area (Å²) >= 11 is 0. The van der Waals surface area contributed by atoms with Gasteiger partial charge in [0.2, 0.25) is 0 Å². The summed E-state index contributed by atoms with van der Waals surface area (Å²) in [7, 11) is 0. The third-order valence-electron chi connectivity index (χ3n) is 4.35. The number of amides is 1. The van der Waals surface area contributed by atoms with Crippen LogP contribution in [0.25, 0.3) is 5.52 Å². The summed E-state index contributed by atoms with van der Waals surface area (Å²) in [6, 6.07) is 9.85. The fourth-order valence-electron chi connectivity index (χ4n) is 2.94. The molecule has 3 rings (SSSR count). The highest BCUT2D eigenvalue weighted by molar-refractivity contribution is 5.95. The zero-order chi connectivity index (χ0) is 17.8. The van der Waals surface area contributed by atoms with Gasteiger partial charge < -0.3 is 14.5 Å². The minimum absolute atomic E-state index is 0.0693. The fraction of sp³-hybridized carbons (Fsp3) is 0.300. The van der Waals surface area contributed by atoms with Crippen molar-refractivity contribution in [1.29, 1.82) is 0 Å². The number of carbonyl (C=O) groups is 1. The van der Waals surface area contributed by atoms with Crippen LogP contribution in [0.1, 0.15) is 33.6 Å². The SMILES string of the molecule is Cc1cccc(C)c1OCCCNC(=O)c1ccc2cncn2c1C. The van der Waals surface area contributed by atoms with Crippen molar-refractivity contribution in [2.24, 2.45) is 0 Å². The van der Waals surface area contributed by atoms with Gasteiger partial charge in [-0.05, 0) is 50.5 Å². The average Bonchev–Trinajstić information content (AvgIpc) is 3.06. The van der Waals surface area contributed by atoms with E-state index < -0.39 is 0 Å². The molecule has 5 heteroatoms. The predicted molar refractivity (Wildman–Crippen MR) is 98.3 cm³/mol. The first-order valence-electron chi connectivity index (χ1n) is 8.47. The summed E-state index contributed by atoms with van der Waals surface area (Å²) in [5.41, 5.74) is 4.80. The Bertz CT molecular complexity index is 879. The van der Waals surface area contributed by atoms with Gasteiger partial charge in [-0.25, -0.2) is 4.98 Å². The molecule has 0 aliphatic heterocycles. The van der Waals surface area contributed by atoms with Crippen molar-refractivity contribution in [3.8, 4) is 5.75 Å². The molecule has 1 N–H and O–H groups in total. The van der Waals surface area contributed by atoms with Crippen LogP contribution < -0.4 is 10.1 Å². The van der Waals surface area contributed by atoms with Gasteiger partial charge in [0.1, 0.15) is 5.75 Å². The molecule has 2 heterocycles. The van der Waals surface area contributed by atoms with Crippen LogP contribution in [-0.2, 0) is 0 Å². The van der Waals surface area contributed by atoms with E-state index >= 15 is 0 Å². The number of nitrogens with zero attached hydrogens (tertiary/aromatic N) is 2. The second kappa shape index (κ2) is 7.38. The molecule has 130 valence electrons. The Balaban J connectivity index is 1.52. The van der Waals surface area contributed by atoms with Gasteiger partial charge in [-0.2, -0.15) is 0 Å². The topological polar surface area (TPSA) is 55.6 Å². The molecule has 0 saturated carbocycles. The number of nitrogens with one attached hydrogen (secondary N) is 1. The van der Waals surface area contributed by atoms with Gasteiger partial charge >= 0.3 is 0 Å². The number of rotatable bonds is 6. The minimum Gasteiger partial charge on any atom is -0.493 e. The summed E-state index contributed by atoms with van der Waals surface area (Å²) in [4.78, 5) is 16.5. The van der Waals surface area contributed by atoms with E-state index in [2.05, 4.69) is 10.3 Å². The largest absolute Gasteiger partial charge is 0.493 e. The van der Waals surface area contributed by atoms with Crippen molar-refractivity contribution in [2.75, 3.05) is 13.2 Å². The van der Waals surface area contributed by atoms with Crippen molar-refractivity contribution < 1.29 is 9.53 Å². The Morgan fingerprint density at radius 1 is 1.16 bits per heavy atom. The Morgan fingerprint density at radius 3 is 2.68 bits per heavy atom. The predicted octanol–water partition coefficient (Wildman–Crippen LogP) is 3.46. The van der Waals surface area contributed by atoms with E-state index in [1.165, 1.54) is 0 Å². The van der Waals surface area contributed by atoms with Gasteiger partial charge in [0, 0.05) is 12.2 Å². The van der Waals surface area contributed by atoms with E-state index in [4.69, 9.17) is 4.74 Å². The maximum Gasteiger partial charge on any atom is 0.253 e. The molecule has 2 aromatic heterocycles. The lowest BCUT2D eigenvalue weighted by molar-refractivity contribution is 0.0950. The first-order valence-corrected chi connectivity index (χ1v) is 8.47. The first-order chi connectivity index (χ1) is 12.1. The molecular formula is C20H23N3O2. The van der Waals surface area contributed by atoms with Crippen molar-refractivity contribution in [3.63, 3.8) is 0 Å². The van der Waals surface area contributed by atoms with E-state index in [9.17, 15) is 4.79 Å². The van der Waals surface area contributed by atoms with Gasteiger partial charge in [0.05, 0.1) is 30.2 Å². The normalized spacial score (nSPS) is 10.8. The molecule has 0 saturated heterocycles. The Hall–Kier alpha value is -2.82. The molecule has 5 nitrogen and oxygen atoms in total. The van der Waals surface area contributed by atoms with Crippen LogP contribution in [0.4, 0.5) is 0 Å². The second-order valence-electron chi connectivity index (χ2n) is 6.20. The third-order valence-corrected chi connectivity index (χ3v) is 4.35. The highest BCUT2D eigenvalue weighted by Gasteiger charge is 2.11. The number of imidazole rings is 1. The Kier molecular flexibility index (Phi) is 5.03. The number of fused-ring (bicyclic) bond motifs is 1. The van der Waals surface area contributed by atoms with E-state index in [0.717, 1.165) is 34.5 Å².